The van der Waals surface area contributed by atoms with Crippen molar-refractivity contribution in [1.82, 2.24) is 20.0 Å². The molecule has 1 atom stereocenters. The van der Waals surface area contributed by atoms with Crippen molar-refractivity contribution in [2.75, 3.05) is 19.7 Å². The third-order valence-corrected chi connectivity index (χ3v) is 3.90. The second-order valence-electron chi connectivity index (χ2n) is 5.81. The van der Waals surface area contributed by atoms with Gasteiger partial charge in [-0.15, -0.1) is 0 Å². The summed E-state index contributed by atoms with van der Waals surface area (Å²) >= 11 is 0. The van der Waals surface area contributed by atoms with E-state index in [0.717, 1.165) is 12.1 Å². The van der Waals surface area contributed by atoms with Gasteiger partial charge in [0, 0.05) is 32.0 Å². The van der Waals surface area contributed by atoms with Crippen LogP contribution in [0.4, 0.5) is 4.79 Å². The maximum absolute atomic E-state index is 12.1. The minimum absolute atomic E-state index is 0.0271. The number of hydrogen-bond acceptors (Lipinski definition) is 3. The van der Waals surface area contributed by atoms with Gasteiger partial charge in [0.1, 0.15) is 0 Å². The van der Waals surface area contributed by atoms with Gasteiger partial charge >= 0.3 is 6.03 Å². The van der Waals surface area contributed by atoms with E-state index < -0.39 is 0 Å². The molecule has 1 aromatic heterocycles. The molecule has 2 amide bonds. The average molecular weight is 314 g/mol. The van der Waals surface area contributed by atoms with E-state index in [1.807, 2.05) is 36.0 Å². The Morgan fingerprint density at radius 3 is 2.83 bits per heavy atom. The number of aromatic nitrogens is 2. The molecule has 0 spiro atoms. The van der Waals surface area contributed by atoms with Crippen LogP contribution in [-0.2, 0) is 17.8 Å². The van der Waals surface area contributed by atoms with E-state index in [4.69, 9.17) is 4.74 Å². The lowest BCUT2D eigenvalue weighted by atomic mass is 10.1. The van der Waals surface area contributed by atoms with E-state index in [1.54, 1.807) is 11.1 Å². The minimum atomic E-state index is -0.0271. The molecule has 0 aliphatic carbocycles. The van der Waals surface area contributed by atoms with Gasteiger partial charge in [-0.1, -0.05) is 24.3 Å². The van der Waals surface area contributed by atoms with Gasteiger partial charge in [-0.05, 0) is 24.1 Å². The Morgan fingerprint density at radius 1 is 1.35 bits per heavy atom. The number of amides is 2. The van der Waals surface area contributed by atoms with Gasteiger partial charge in [0.2, 0.25) is 0 Å². The number of ether oxygens (including phenoxy) is 1. The zero-order chi connectivity index (χ0) is 16.1. The number of benzene rings is 1. The lowest BCUT2D eigenvalue weighted by molar-refractivity contribution is -0.00351. The predicted molar refractivity (Wildman–Crippen MR) is 87.0 cm³/mol. The largest absolute Gasteiger partial charge is 0.375 e. The van der Waals surface area contributed by atoms with Crippen molar-refractivity contribution in [3.63, 3.8) is 0 Å². The summed E-state index contributed by atoms with van der Waals surface area (Å²) in [5.41, 5.74) is 2.27. The fraction of sp³-hybridized carbons (Fsp3) is 0.412. The molecule has 1 aliphatic heterocycles. The van der Waals surface area contributed by atoms with Crippen LogP contribution in [0.25, 0.3) is 0 Å². The van der Waals surface area contributed by atoms with Crippen LogP contribution >= 0.6 is 0 Å². The summed E-state index contributed by atoms with van der Waals surface area (Å²) in [5.74, 6) is 0. The van der Waals surface area contributed by atoms with Crippen LogP contribution < -0.4 is 5.32 Å². The minimum Gasteiger partial charge on any atom is -0.375 e. The molecule has 3 rings (SSSR count). The van der Waals surface area contributed by atoms with Crippen molar-refractivity contribution in [3.8, 4) is 0 Å². The van der Waals surface area contributed by atoms with Crippen LogP contribution in [-0.4, -0.2) is 46.5 Å². The highest BCUT2D eigenvalue weighted by Crippen LogP contribution is 2.08. The Balaban J connectivity index is 1.49. The molecular formula is C17H22N4O2. The van der Waals surface area contributed by atoms with Gasteiger partial charge in [-0.3, -0.25) is 4.68 Å². The average Bonchev–Trinajstić information content (AvgIpc) is 3.07. The molecule has 0 bridgehead atoms. The first-order valence-electron chi connectivity index (χ1n) is 7.90. The normalized spacial score (nSPS) is 18.0. The number of nitrogens with one attached hydrogen (secondary N) is 1. The molecule has 6 nitrogen and oxygen atoms in total. The monoisotopic (exact) mass is 314 g/mol. The molecule has 122 valence electrons. The van der Waals surface area contributed by atoms with Gasteiger partial charge in [0.15, 0.2) is 0 Å². The SMILES string of the molecule is C[C@@H]1CN(C(=O)NCc2ccc(Cn3cccn3)cc2)CCO1. The van der Waals surface area contributed by atoms with Crippen molar-refractivity contribution in [2.24, 2.45) is 0 Å². The number of hydrogen-bond donors (Lipinski definition) is 1. The maximum Gasteiger partial charge on any atom is 0.317 e. The third kappa shape index (κ3) is 4.32. The molecular weight excluding hydrogens is 292 g/mol. The first kappa shape index (κ1) is 15.6. The maximum atomic E-state index is 12.1. The Bertz CT molecular complexity index is 625. The highest BCUT2D eigenvalue weighted by molar-refractivity contribution is 5.74. The summed E-state index contributed by atoms with van der Waals surface area (Å²) in [4.78, 5) is 13.9. The van der Waals surface area contributed by atoms with Crippen LogP contribution in [0.3, 0.4) is 0 Å². The van der Waals surface area contributed by atoms with E-state index in [1.165, 1.54) is 5.56 Å². The van der Waals surface area contributed by atoms with Crippen LogP contribution in [0.5, 0.6) is 0 Å². The zero-order valence-electron chi connectivity index (χ0n) is 13.3. The van der Waals surface area contributed by atoms with Gasteiger partial charge in [0.25, 0.3) is 0 Å². The van der Waals surface area contributed by atoms with Crippen LogP contribution in [0.1, 0.15) is 18.1 Å². The fourth-order valence-electron chi connectivity index (χ4n) is 2.64. The molecule has 1 N–H and O–H groups in total. The quantitative estimate of drug-likeness (QED) is 0.937. The second-order valence-corrected chi connectivity index (χ2v) is 5.81. The van der Waals surface area contributed by atoms with Crippen LogP contribution in [0.2, 0.25) is 0 Å². The summed E-state index contributed by atoms with van der Waals surface area (Å²) in [7, 11) is 0. The fourth-order valence-corrected chi connectivity index (χ4v) is 2.64. The zero-order valence-corrected chi connectivity index (χ0v) is 13.3. The highest BCUT2D eigenvalue weighted by Gasteiger charge is 2.20. The summed E-state index contributed by atoms with van der Waals surface area (Å²) in [6.45, 7) is 5.18. The summed E-state index contributed by atoms with van der Waals surface area (Å²) in [5, 5.41) is 7.16. The van der Waals surface area contributed by atoms with E-state index in [9.17, 15) is 4.79 Å². The number of nitrogens with zero attached hydrogens (tertiary/aromatic N) is 3. The van der Waals surface area contributed by atoms with E-state index >= 15 is 0 Å². The lowest BCUT2D eigenvalue weighted by Gasteiger charge is -2.31. The molecule has 0 radical (unpaired) electrons. The smallest absolute Gasteiger partial charge is 0.317 e. The molecule has 0 saturated carbocycles. The molecule has 1 aromatic carbocycles. The Kier molecular flexibility index (Phi) is 4.92. The van der Waals surface area contributed by atoms with Gasteiger partial charge in [-0.25, -0.2) is 4.79 Å². The van der Waals surface area contributed by atoms with Crippen LogP contribution in [0, 0.1) is 0 Å². The van der Waals surface area contributed by atoms with Crippen LogP contribution in [0.15, 0.2) is 42.7 Å². The van der Waals surface area contributed by atoms with E-state index in [-0.39, 0.29) is 12.1 Å². The van der Waals surface area contributed by atoms with Crippen molar-refractivity contribution >= 4 is 6.03 Å². The Morgan fingerprint density at radius 2 is 2.13 bits per heavy atom. The number of morpholine rings is 1. The van der Waals surface area contributed by atoms with Crippen molar-refractivity contribution < 1.29 is 9.53 Å². The second kappa shape index (κ2) is 7.28. The topological polar surface area (TPSA) is 59.4 Å². The van der Waals surface area contributed by atoms with Crippen molar-refractivity contribution in [2.45, 2.75) is 26.1 Å². The third-order valence-electron chi connectivity index (χ3n) is 3.90. The number of urea groups is 1. The highest BCUT2D eigenvalue weighted by atomic mass is 16.5. The van der Waals surface area contributed by atoms with Crippen molar-refractivity contribution in [1.29, 1.82) is 0 Å². The molecule has 6 heteroatoms. The number of carbonyl (C=O) groups excluding carboxylic acids is 1. The first-order chi connectivity index (χ1) is 11.2. The van der Waals surface area contributed by atoms with E-state index in [0.29, 0.717) is 26.2 Å². The van der Waals surface area contributed by atoms with E-state index in [2.05, 4.69) is 22.5 Å². The Labute approximate surface area is 136 Å². The Hall–Kier alpha value is -2.34. The lowest BCUT2D eigenvalue weighted by Crippen LogP contribution is -2.48. The van der Waals surface area contributed by atoms with Gasteiger partial charge in [-0.2, -0.15) is 5.10 Å². The molecule has 1 aliphatic rings. The summed E-state index contributed by atoms with van der Waals surface area (Å²) in [6, 6.07) is 10.1. The first-order valence-corrected chi connectivity index (χ1v) is 7.90. The molecule has 1 saturated heterocycles. The standard InChI is InChI=1S/C17H22N4O2/c1-14-12-20(9-10-23-14)17(22)18-11-15-3-5-16(6-4-15)13-21-8-2-7-19-21/h2-8,14H,9-13H2,1H3,(H,18,22)/t14-/m1/s1. The molecule has 2 aromatic rings. The number of carbonyl (C=O) groups is 1. The van der Waals surface area contributed by atoms with Crippen molar-refractivity contribution in [3.05, 3.63) is 53.9 Å². The summed E-state index contributed by atoms with van der Waals surface area (Å²) in [6.07, 6.45) is 3.82. The molecule has 1 fully saturated rings. The van der Waals surface area contributed by atoms with Gasteiger partial charge < -0.3 is 15.0 Å². The van der Waals surface area contributed by atoms with Gasteiger partial charge in [0.05, 0.1) is 19.3 Å². The number of rotatable bonds is 4. The summed E-state index contributed by atoms with van der Waals surface area (Å²) < 4.78 is 7.33. The molecule has 2 heterocycles. The molecule has 0 unspecified atom stereocenters. The predicted octanol–water partition coefficient (Wildman–Crippen LogP) is 1.86. The molecule has 23 heavy (non-hydrogen) atoms.